The number of hydroxylamine groups is 2. The van der Waals surface area contributed by atoms with E-state index >= 15 is 0 Å². The number of amides is 3. The molecule has 1 aromatic rings. The van der Waals surface area contributed by atoms with Crippen molar-refractivity contribution < 1.29 is 29.1 Å². The van der Waals surface area contributed by atoms with E-state index in [1.807, 2.05) is 6.07 Å². The first-order valence-corrected chi connectivity index (χ1v) is 9.07. The zero-order chi connectivity index (χ0) is 19.6. The molecule has 27 heavy (non-hydrogen) atoms. The molecule has 0 aromatic heterocycles. The number of phenolic OH excluding ortho intramolecular Hbond substituents is 1. The van der Waals surface area contributed by atoms with Crippen molar-refractivity contribution in [3.05, 3.63) is 29.8 Å². The number of carbonyl (C=O) groups is 4. The lowest BCUT2D eigenvalue weighted by molar-refractivity contribution is -0.197. The average molecular weight is 376 g/mol. The van der Waals surface area contributed by atoms with E-state index in [1.165, 1.54) is 0 Å². The summed E-state index contributed by atoms with van der Waals surface area (Å²) >= 11 is 0. The fourth-order valence-electron chi connectivity index (χ4n) is 2.66. The molecule has 0 saturated carbocycles. The van der Waals surface area contributed by atoms with Crippen molar-refractivity contribution in [2.45, 2.75) is 51.4 Å². The first-order chi connectivity index (χ1) is 13.0. The number of unbranched alkanes of at least 4 members (excludes halogenated alkanes) is 2. The Kier molecular flexibility index (Phi) is 7.79. The molecule has 1 saturated heterocycles. The van der Waals surface area contributed by atoms with Gasteiger partial charge >= 0.3 is 5.97 Å². The van der Waals surface area contributed by atoms with Gasteiger partial charge in [0.1, 0.15) is 5.75 Å². The minimum atomic E-state index is -0.606. The van der Waals surface area contributed by atoms with Gasteiger partial charge in [0.05, 0.1) is 0 Å². The number of para-hydroxylation sites is 1. The van der Waals surface area contributed by atoms with Crippen LogP contribution >= 0.6 is 0 Å². The number of aromatic hydroxyl groups is 1. The van der Waals surface area contributed by atoms with Crippen LogP contribution in [0.5, 0.6) is 5.75 Å². The van der Waals surface area contributed by atoms with Crippen LogP contribution in [0, 0.1) is 0 Å². The van der Waals surface area contributed by atoms with E-state index in [9.17, 15) is 24.3 Å². The molecule has 146 valence electrons. The summed E-state index contributed by atoms with van der Waals surface area (Å²) in [5, 5.41) is 13.0. The Morgan fingerprint density at radius 3 is 2.44 bits per heavy atom. The van der Waals surface area contributed by atoms with Gasteiger partial charge in [-0.2, -0.15) is 0 Å². The van der Waals surface area contributed by atoms with Crippen LogP contribution in [0.2, 0.25) is 0 Å². The first kappa shape index (κ1) is 20.4. The normalized spacial score (nSPS) is 13.7. The van der Waals surface area contributed by atoms with Gasteiger partial charge in [-0.05, 0) is 30.9 Å². The van der Waals surface area contributed by atoms with E-state index in [4.69, 9.17) is 4.84 Å². The van der Waals surface area contributed by atoms with Crippen molar-refractivity contribution in [1.82, 2.24) is 10.4 Å². The Hall–Kier alpha value is -2.90. The number of imide groups is 1. The molecule has 1 aliphatic heterocycles. The highest BCUT2D eigenvalue weighted by atomic mass is 16.7. The number of benzene rings is 1. The molecule has 0 aliphatic carbocycles. The molecule has 2 N–H and O–H groups in total. The van der Waals surface area contributed by atoms with Crippen molar-refractivity contribution in [2.75, 3.05) is 6.54 Å². The van der Waals surface area contributed by atoms with E-state index in [1.54, 1.807) is 18.2 Å². The topological polar surface area (TPSA) is 113 Å². The highest BCUT2D eigenvalue weighted by Gasteiger charge is 2.32. The number of nitrogens with zero attached hydrogens (tertiary/aromatic N) is 1. The van der Waals surface area contributed by atoms with E-state index in [2.05, 4.69) is 5.32 Å². The van der Waals surface area contributed by atoms with Crippen LogP contribution < -0.4 is 5.32 Å². The molecule has 1 heterocycles. The van der Waals surface area contributed by atoms with E-state index in [-0.39, 0.29) is 30.9 Å². The van der Waals surface area contributed by atoms with Gasteiger partial charge in [-0.25, -0.2) is 4.79 Å². The molecule has 3 amide bonds. The number of carbonyl (C=O) groups excluding carboxylic acids is 4. The van der Waals surface area contributed by atoms with Crippen LogP contribution in [0.4, 0.5) is 0 Å². The Bertz CT molecular complexity index is 687. The number of rotatable bonds is 10. The van der Waals surface area contributed by atoms with Gasteiger partial charge in [-0.1, -0.05) is 24.6 Å². The van der Waals surface area contributed by atoms with Gasteiger partial charge in [-0.3, -0.25) is 14.4 Å². The largest absolute Gasteiger partial charge is 0.508 e. The quantitative estimate of drug-likeness (QED) is 0.474. The summed E-state index contributed by atoms with van der Waals surface area (Å²) in [5.41, 5.74) is 0.737. The Balaban J connectivity index is 1.51. The number of phenols is 1. The molecule has 1 aliphatic rings. The Morgan fingerprint density at radius 2 is 1.74 bits per heavy atom. The molecule has 1 aromatic carbocycles. The molecule has 8 heteroatoms. The lowest BCUT2D eigenvalue weighted by atomic mass is 10.1. The Morgan fingerprint density at radius 1 is 1.04 bits per heavy atom. The van der Waals surface area contributed by atoms with Crippen LogP contribution in [-0.2, 0) is 30.4 Å². The zero-order valence-electron chi connectivity index (χ0n) is 15.1. The van der Waals surface area contributed by atoms with Gasteiger partial charge in [0.2, 0.25) is 5.91 Å². The van der Waals surface area contributed by atoms with Gasteiger partial charge in [-0.15, -0.1) is 5.06 Å². The predicted octanol–water partition coefficient (Wildman–Crippen LogP) is 1.61. The molecule has 2 rings (SSSR count). The fraction of sp³-hybridized carbons (Fsp3) is 0.474. The van der Waals surface area contributed by atoms with Crippen molar-refractivity contribution in [1.29, 1.82) is 0 Å². The summed E-state index contributed by atoms with van der Waals surface area (Å²) < 4.78 is 0. The van der Waals surface area contributed by atoms with E-state index < -0.39 is 17.8 Å². The predicted molar refractivity (Wildman–Crippen MR) is 95.1 cm³/mol. The fourth-order valence-corrected chi connectivity index (χ4v) is 2.66. The number of hydrogen-bond acceptors (Lipinski definition) is 6. The molecular formula is C19H24N2O6. The highest BCUT2D eigenvalue weighted by molar-refractivity contribution is 6.01. The number of hydrogen-bond donors (Lipinski definition) is 2. The second-order valence-electron chi connectivity index (χ2n) is 6.33. The minimum Gasteiger partial charge on any atom is -0.508 e. The lowest BCUT2D eigenvalue weighted by Gasteiger charge is -2.12. The van der Waals surface area contributed by atoms with Crippen molar-refractivity contribution >= 4 is 23.7 Å². The van der Waals surface area contributed by atoms with Gasteiger partial charge < -0.3 is 15.3 Å². The van der Waals surface area contributed by atoms with Gasteiger partial charge in [0, 0.05) is 32.2 Å². The van der Waals surface area contributed by atoms with Crippen molar-refractivity contribution in [3.8, 4) is 5.75 Å². The summed E-state index contributed by atoms with van der Waals surface area (Å²) in [6.45, 7) is 0.498. The molecule has 0 unspecified atom stereocenters. The third kappa shape index (κ3) is 6.73. The number of nitrogens with one attached hydrogen (secondary N) is 1. The number of aryl methyl sites for hydroxylation is 1. The van der Waals surface area contributed by atoms with Crippen LogP contribution in [0.1, 0.15) is 50.5 Å². The maximum atomic E-state index is 11.8. The second-order valence-corrected chi connectivity index (χ2v) is 6.33. The van der Waals surface area contributed by atoms with Gasteiger partial charge in [0.25, 0.3) is 11.8 Å². The standard InChI is InChI=1S/C19H24N2O6/c22-15-7-4-3-6-14(15)9-10-16(23)20-13-5-1-2-8-19(26)27-21-17(24)11-12-18(21)25/h3-4,6-7,22H,1-2,5,8-13H2,(H,20,23). The summed E-state index contributed by atoms with van der Waals surface area (Å²) in [6, 6.07) is 6.92. The summed E-state index contributed by atoms with van der Waals surface area (Å²) in [7, 11) is 0. The molecule has 1 fully saturated rings. The van der Waals surface area contributed by atoms with Crippen LogP contribution in [0.15, 0.2) is 24.3 Å². The maximum absolute atomic E-state index is 11.8. The third-order valence-electron chi connectivity index (χ3n) is 4.19. The Labute approximate surface area is 157 Å². The van der Waals surface area contributed by atoms with E-state index in [0.29, 0.717) is 43.7 Å². The summed E-state index contributed by atoms with van der Waals surface area (Å²) in [5.74, 6) is -1.48. The van der Waals surface area contributed by atoms with E-state index in [0.717, 1.165) is 5.56 Å². The third-order valence-corrected chi connectivity index (χ3v) is 4.19. The van der Waals surface area contributed by atoms with Gasteiger partial charge in [0.15, 0.2) is 0 Å². The molecule has 0 spiro atoms. The van der Waals surface area contributed by atoms with Crippen LogP contribution in [0.25, 0.3) is 0 Å². The van der Waals surface area contributed by atoms with Crippen molar-refractivity contribution in [2.24, 2.45) is 0 Å². The zero-order valence-corrected chi connectivity index (χ0v) is 15.1. The monoisotopic (exact) mass is 376 g/mol. The average Bonchev–Trinajstić information content (AvgIpc) is 2.96. The SMILES string of the molecule is O=C(CCc1ccccc1O)NCCCCCC(=O)ON1C(=O)CCC1=O. The lowest BCUT2D eigenvalue weighted by Crippen LogP contribution is -2.31. The smallest absolute Gasteiger partial charge is 0.333 e. The molecule has 0 atom stereocenters. The molecule has 0 radical (unpaired) electrons. The second kappa shape index (κ2) is 10.3. The molecular weight excluding hydrogens is 352 g/mol. The summed E-state index contributed by atoms with van der Waals surface area (Å²) in [4.78, 5) is 50.8. The minimum absolute atomic E-state index is 0.0791. The highest BCUT2D eigenvalue weighted by Crippen LogP contribution is 2.17. The maximum Gasteiger partial charge on any atom is 0.333 e. The summed E-state index contributed by atoms with van der Waals surface area (Å²) in [6.07, 6.45) is 2.99. The molecule has 0 bridgehead atoms. The van der Waals surface area contributed by atoms with Crippen molar-refractivity contribution in [3.63, 3.8) is 0 Å². The first-order valence-electron chi connectivity index (χ1n) is 9.07. The molecule has 8 nitrogen and oxygen atoms in total. The van der Waals surface area contributed by atoms with Crippen LogP contribution in [-0.4, -0.2) is 40.4 Å². The van der Waals surface area contributed by atoms with Crippen LogP contribution in [0.3, 0.4) is 0 Å².